The zero-order chi connectivity index (χ0) is 19.2. The number of ether oxygens (including phenoxy) is 1. The van der Waals surface area contributed by atoms with E-state index in [2.05, 4.69) is 30.4 Å². The molecular formula is C22H32N2O3. The number of hydrogen-bond acceptors (Lipinski definition) is 3. The van der Waals surface area contributed by atoms with Crippen LogP contribution >= 0.6 is 0 Å². The minimum atomic E-state index is -0.0573. The molecule has 0 unspecified atom stereocenters. The van der Waals surface area contributed by atoms with E-state index in [0.717, 1.165) is 45.1 Å². The van der Waals surface area contributed by atoms with Crippen LogP contribution < -0.4 is 5.32 Å². The van der Waals surface area contributed by atoms with Crippen LogP contribution in [0.3, 0.4) is 0 Å². The van der Waals surface area contributed by atoms with E-state index in [-0.39, 0.29) is 24.0 Å². The zero-order valence-corrected chi connectivity index (χ0v) is 16.6. The Bertz CT molecular complexity index is 653. The first kappa shape index (κ1) is 19.7. The van der Waals surface area contributed by atoms with Crippen LogP contribution in [0.2, 0.25) is 0 Å². The number of nitrogens with one attached hydrogen (secondary N) is 1. The van der Waals surface area contributed by atoms with Gasteiger partial charge in [0.1, 0.15) is 0 Å². The van der Waals surface area contributed by atoms with Gasteiger partial charge in [0.25, 0.3) is 0 Å². The maximum Gasteiger partial charge on any atom is 0.317 e. The molecule has 1 heterocycles. The molecule has 2 amide bonds. The van der Waals surface area contributed by atoms with Gasteiger partial charge in [-0.1, -0.05) is 24.3 Å². The number of aryl methyl sites for hydroxylation is 1. The average Bonchev–Trinajstić information content (AvgIpc) is 3.17. The average molecular weight is 373 g/mol. The molecule has 1 aromatic carbocycles. The molecule has 3 rings (SSSR count). The van der Waals surface area contributed by atoms with Crippen LogP contribution in [0.15, 0.2) is 24.3 Å². The summed E-state index contributed by atoms with van der Waals surface area (Å²) in [5.41, 5.74) is 2.51. The van der Waals surface area contributed by atoms with Crippen LogP contribution in [-0.4, -0.2) is 36.6 Å². The van der Waals surface area contributed by atoms with Gasteiger partial charge in [0.2, 0.25) is 0 Å². The predicted molar refractivity (Wildman–Crippen MR) is 105 cm³/mol. The van der Waals surface area contributed by atoms with Crippen molar-refractivity contribution in [2.45, 2.75) is 58.4 Å². The topological polar surface area (TPSA) is 58.6 Å². The Morgan fingerprint density at radius 1 is 1.15 bits per heavy atom. The fraction of sp³-hybridized carbons (Fsp3) is 0.636. The molecule has 148 valence electrons. The Hall–Kier alpha value is -2.04. The lowest BCUT2D eigenvalue weighted by Gasteiger charge is -2.30. The first-order valence-electron chi connectivity index (χ1n) is 10.4. The molecular weight excluding hydrogens is 340 g/mol. The minimum absolute atomic E-state index is 0.0425. The van der Waals surface area contributed by atoms with E-state index in [1.54, 1.807) is 0 Å². The van der Waals surface area contributed by atoms with Gasteiger partial charge in [-0.2, -0.15) is 0 Å². The molecule has 1 saturated carbocycles. The standard InChI is InChI=1S/C22H32N2O3/c1-3-27-21(25)18-12-10-17(11-13-18)15-23-22(26)24-14-6-9-20(24)19-8-5-4-7-16(19)2/h4-5,7-8,17-18,20H,3,6,9-15H2,1-2H3,(H,23,26)/t17?,18?,20-/m1/s1. The molecule has 0 aromatic heterocycles. The van der Waals surface area contributed by atoms with Crippen molar-refractivity contribution < 1.29 is 14.3 Å². The SMILES string of the molecule is CCOC(=O)C1CCC(CNC(=O)N2CCC[C@@H]2c2ccccc2C)CC1. The van der Waals surface area contributed by atoms with Crippen LogP contribution in [0.4, 0.5) is 4.79 Å². The van der Waals surface area contributed by atoms with Gasteiger partial charge in [0.15, 0.2) is 0 Å². The number of esters is 1. The molecule has 27 heavy (non-hydrogen) atoms. The molecule has 0 spiro atoms. The Labute approximate surface area is 162 Å². The summed E-state index contributed by atoms with van der Waals surface area (Å²) in [6.07, 6.45) is 5.78. The van der Waals surface area contributed by atoms with Gasteiger partial charge < -0.3 is 15.0 Å². The summed E-state index contributed by atoms with van der Waals surface area (Å²) in [4.78, 5) is 26.6. The molecule has 1 atom stereocenters. The molecule has 1 aliphatic carbocycles. The number of hydrogen-bond donors (Lipinski definition) is 1. The molecule has 5 nitrogen and oxygen atoms in total. The first-order chi connectivity index (χ1) is 13.1. The highest BCUT2D eigenvalue weighted by molar-refractivity contribution is 5.75. The normalized spacial score (nSPS) is 25.3. The lowest BCUT2D eigenvalue weighted by atomic mass is 9.82. The van der Waals surface area contributed by atoms with Gasteiger partial charge in [-0.05, 0) is 69.4 Å². The molecule has 2 fully saturated rings. The maximum atomic E-state index is 12.8. The zero-order valence-electron chi connectivity index (χ0n) is 16.6. The maximum absolute atomic E-state index is 12.8. The minimum Gasteiger partial charge on any atom is -0.466 e. The molecule has 1 aliphatic heterocycles. The lowest BCUT2D eigenvalue weighted by molar-refractivity contribution is -0.149. The van der Waals surface area contributed by atoms with Crippen molar-refractivity contribution in [1.82, 2.24) is 10.2 Å². The van der Waals surface area contributed by atoms with Gasteiger partial charge in [0.05, 0.1) is 18.6 Å². The third-order valence-corrected chi connectivity index (χ3v) is 6.07. The fourth-order valence-corrected chi connectivity index (χ4v) is 4.49. The van der Waals surface area contributed by atoms with Crippen LogP contribution in [0.25, 0.3) is 0 Å². The van der Waals surface area contributed by atoms with Crippen LogP contribution in [-0.2, 0) is 9.53 Å². The lowest BCUT2D eigenvalue weighted by Crippen LogP contribution is -2.42. The van der Waals surface area contributed by atoms with Gasteiger partial charge in [-0.25, -0.2) is 4.79 Å². The molecule has 1 N–H and O–H groups in total. The predicted octanol–water partition coefficient (Wildman–Crippen LogP) is 4.21. The number of nitrogens with zero attached hydrogens (tertiary/aromatic N) is 1. The third-order valence-electron chi connectivity index (χ3n) is 6.07. The molecule has 0 bridgehead atoms. The number of carbonyl (C=O) groups is 2. The monoisotopic (exact) mass is 372 g/mol. The second-order valence-electron chi connectivity index (χ2n) is 7.86. The number of benzene rings is 1. The highest BCUT2D eigenvalue weighted by Gasteiger charge is 2.32. The highest BCUT2D eigenvalue weighted by Crippen LogP contribution is 2.34. The number of amides is 2. The van der Waals surface area contributed by atoms with Crippen molar-refractivity contribution in [1.29, 1.82) is 0 Å². The smallest absolute Gasteiger partial charge is 0.317 e. The Morgan fingerprint density at radius 2 is 1.89 bits per heavy atom. The molecule has 5 heteroatoms. The number of carbonyl (C=O) groups excluding carboxylic acids is 2. The van der Waals surface area contributed by atoms with Crippen molar-refractivity contribution in [3.8, 4) is 0 Å². The Balaban J connectivity index is 1.48. The van der Waals surface area contributed by atoms with E-state index in [9.17, 15) is 9.59 Å². The molecule has 0 radical (unpaired) electrons. The molecule has 1 saturated heterocycles. The van der Waals surface area contributed by atoms with E-state index in [4.69, 9.17) is 4.74 Å². The van der Waals surface area contributed by atoms with Crippen LogP contribution in [0, 0.1) is 18.8 Å². The van der Waals surface area contributed by atoms with E-state index < -0.39 is 0 Å². The summed E-state index contributed by atoms with van der Waals surface area (Å²) in [6, 6.07) is 8.59. The number of rotatable bonds is 5. The van der Waals surface area contributed by atoms with Gasteiger partial charge in [-0.15, -0.1) is 0 Å². The Morgan fingerprint density at radius 3 is 2.59 bits per heavy atom. The summed E-state index contributed by atoms with van der Waals surface area (Å²) in [5.74, 6) is 0.443. The fourth-order valence-electron chi connectivity index (χ4n) is 4.49. The second-order valence-corrected chi connectivity index (χ2v) is 7.86. The summed E-state index contributed by atoms with van der Waals surface area (Å²) >= 11 is 0. The van der Waals surface area contributed by atoms with Gasteiger partial charge >= 0.3 is 12.0 Å². The van der Waals surface area contributed by atoms with Crippen molar-refractivity contribution in [2.24, 2.45) is 11.8 Å². The number of likely N-dealkylation sites (tertiary alicyclic amines) is 1. The summed E-state index contributed by atoms with van der Waals surface area (Å²) in [6.45, 7) is 5.94. The summed E-state index contributed by atoms with van der Waals surface area (Å²) in [5, 5.41) is 3.15. The van der Waals surface area contributed by atoms with Gasteiger partial charge in [0, 0.05) is 13.1 Å². The number of urea groups is 1. The van der Waals surface area contributed by atoms with Gasteiger partial charge in [-0.3, -0.25) is 4.79 Å². The third kappa shape index (κ3) is 4.82. The molecule has 1 aromatic rings. The Kier molecular flexibility index (Phi) is 6.75. The van der Waals surface area contributed by atoms with Crippen LogP contribution in [0.5, 0.6) is 0 Å². The van der Waals surface area contributed by atoms with E-state index >= 15 is 0 Å². The van der Waals surface area contributed by atoms with E-state index in [0.29, 0.717) is 19.1 Å². The quantitative estimate of drug-likeness (QED) is 0.788. The van der Waals surface area contributed by atoms with E-state index in [1.165, 1.54) is 11.1 Å². The van der Waals surface area contributed by atoms with E-state index in [1.807, 2.05) is 17.9 Å². The van der Waals surface area contributed by atoms with Crippen molar-refractivity contribution in [3.05, 3.63) is 35.4 Å². The second kappa shape index (κ2) is 9.25. The first-order valence-corrected chi connectivity index (χ1v) is 10.4. The summed E-state index contributed by atoms with van der Waals surface area (Å²) < 4.78 is 5.13. The van der Waals surface area contributed by atoms with Crippen molar-refractivity contribution in [2.75, 3.05) is 19.7 Å². The van der Waals surface area contributed by atoms with Crippen LogP contribution in [0.1, 0.15) is 62.6 Å². The largest absolute Gasteiger partial charge is 0.466 e. The molecule has 2 aliphatic rings. The highest BCUT2D eigenvalue weighted by atomic mass is 16.5. The van der Waals surface area contributed by atoms with Crippen molar-refractivity contribution in [3.63, 3.8) is 0 Å². The van der Waals surface area contributed by atoms with Crippen molar-refractivity contribution >= 4 is 12.0 Å². The summed E-state index contributed by atoms with van der Waals surface area (Å²) in [7, 11) is 0.